The van der Waals surface area contributed by atoms with Gasteiger partial charge >= 0.3 is 0 Å². The van der Waals surface area contributed by atoms with Crippen molar-refractivity contribution in [3.8, 4) is 0 Å². The number of sulfone groups is 1. The molecule has 18 heavy (non-hydrogen) atoms. The second-order valence-corrected chi connectivity index (χ2v) is 8.20. The number of nitrogens with zero attached hydrogens (tertiary/aromatic N) is 1. The zero-order chi connectivity index (χ0) is 13.4. The van der Waals surface area contributed by atoms with Gasteiger partial charge in [0.1, 0.15) is 0 Å². The van der Waals surface area contributed by atoms with E-state index in [1.165, 1.54) is 25.7 Å². The molecule has 0 aromatic rings. The molecular weight excluding hydrogens is 248 g/mol. The second-order valence-electron chi connectivity index (χ2n) is 6.05. The quantitative estimate of drug-likeness (QED) is 0.834. The lowest BCUT2D eigenvalue weighted by molar-refractivity contribution is 0.0686. The zero-order valence-corrected chi connectivity index (χ0v) is 12.4. The fraction of sp³-hybridized carbons (Fsp3) is 1.00. The number of hydrogen-bond donors (Lipinski definition) is 1. The van der Waals surface area contributed by atoms with E-state index in [0.29, 0.717) is 5.41 Å². The molecule has 0 radical (unpaired) electrons. The third kappa shape index (κ3) is 2.73. The molecular formula is C13H26N2O2S. The third-order valence-electron chi connectivity index (χ3n) is 5.19. The molecule has 0 spiro atoms. The molecule has 2 rings (SSSR count). The van der Waals surface area contributed by atoms with Gasteiger partial charge in [0.25, 0.3) is 0 Å². The molecule has 5 heteroatoms. The van der Waals surface area contributed by atoms with Gasteiger partial charge in [-0.3, -0.25) is 4.90 Å². The first-order valence-corrected chi connectivity index (χ1v) is 8.93. The average Bonchev–Trinajstić information content (AvgIpc) is 2.63. The van der Waals surface area contributed by atoms with E-state index < -0.39 is 9.84 Å². The molecule has 2 heterocycles. The molecule has 0 aliphatic carbocycles. The van der Waals surface area contributed by atoms with Crippen LogP contribution in [0, 0.1) is 5.41 Å². The van der Waals surface area contributed by atoms with Crippen LogP contribution in [0.15, 0.2) is 0 Å². The molecule has 0 saturated carbocycles. The number of piperidine rings is 1. The molecule has 0 amide bonds. The Hall–Kier alpha value is -0.130. The van der Waals surface area contributed by atoms with Gasteiger partial charge in [-0.1, -0.05) is 26.7 Å². The van der Waals surface area contributed by atoms with Gasteiger partial charge in [-0.2, -0.15) is 0 Å². The summed E-state index contributed by atoms with van der Waals surface area (Å²) in [6, 6.07) is -0.132. The highest BCUT2D eigenvalue weighted by molar-refractivity contribution is 7.91. The van der Waals surface area contributed by atoms with Crippen LogP contribution in [-0.2, 0) is 9.84 Å². The lowest BCUT2D eigenvalue weighted by Gasteiger charge is -2.43. The Balaban J connectivity index is 1.98. The maximum Gasteiger partial charge on any atom is 0.153 e. The van der Waals surface area contributed by atoms with Crippen LogP contribution in [0.1, 0.15) is 39.5 Å². The van der Waals surface area contributed by atoms with Crippen molar-refractivity contribution in [3.05, 3.63) is 0 Å². The second kappa shape index (κ2) is 5.10. The van der Waals surface area contributed by atoms with Crippen molar-refractivity contribution in [2.75, 3.05) is 24.6 Å². The highest BCUT2D eigenvalue weighted by Crippen LogP contribution is 2.39. The fourth-order valence-corrected chi connectivity index (χ4v) is 5.44. The minimum absolute atomic E-state index is 0.0571. The molecule has 106 valence electrons. The third-order valence-corrected chi connectivity index (χ3v) is 6.94. The maximum atomic E-state index is 11.6. The van der Waals surface area contributed by atoms with Crippen molar-refractivity contribution < 1.29 is 8.42 Å². The highest BCUT2D eigenvalue weighted by Gasteiger charge is 2.41. The largest absolute Gasteiger partial charge is 0.325 e. The van der Waals surface area contributed by atoms with Crippen LogP contribution in [0.3, 0.4) is 0 Å². The summed E-state index contributed by atoms with van der Waals surface area (Å²) in [4.78, 5) is 2.32. The molecule has 2 unspecified atom stereocenters. The van der Waals surface area contributed by atoms with E-state index in [1.807, 2.05) is 0 Å². The molecule has 2 saturated heterocycles. The van der Waals surface area contributed by atoms with Crippen LogP contribution in [0.25, 0.3) is 0 Å². The van der Waals surface area contributed by atoms with Crippen LogP contribution in [0.2, 0.25) is 0 Å². The van der Waals surface area contributed by atoms with Gasteiger partial charge in [0, 0.05) is 12.1 Å². The first-order chi connectivity index (χ1) is 8.41. The highest BCUT2D eigenvalue weighted by atomic mass is 32.2. The summed E-state index contributed by atoms with van der Waals surface area (Å²) in [7, 11) is -2.90. The molecule has 2 fully saturated rings. The number of likely N-dealkylation sites (tertiary alicyclic amines) is 1. The topological polar surface area (TPSA) is 63.4 Å². The van der Waals surface area contributed by atoms with E-state index in [4.69, 9.17) is 5.73 Å². The number of rotatable bonds is 3. The Bertz CT molecular complexity index is 380. The van der Waals surface area contributed by atoms with E-state index in [-0.39, 0.29) is 23.6 Å². The smallest absolute Gasteiger partial charge is 0.153 e. The SMILES string of the molecule is CCC1(CC)CCN(C2CS(=O)(=O)CC2N)CC1. The molecule has 0 bridgehead atoms. The summed E-state index contributed by atoms with van der Waals surface area (Å²) in [6.45, 7) is 6.56. The van der Waals surface area contributed by atoms with Crippen LogP contribution in [0.5, 0.6) is 0 Å². The summed E-state index contributed by atoms with van der Waals surface area (Å²) >= 11 is 0. The van der Waals surface area contributed by atoms with E-state index >= 15 is 0 Å². The monoisotopic (exact) mass is 274 g/mol. The molecule has 2 atom stereocenters. The lowest BCUT2D eigenvalue weighted by atomic mass is 9.74. The average molecular weight is 274 g/mol. The first-order valence-electron chi connectivity index (χ1n) is 7.11. The molecule has 4 nitrogen and oxygen atoms in total. The molecule has 2 N–H and O–H groups in total. The maximum absolute atomic E-state index is 11.6. The van der Waals surface area contributed by atoms with Gasteiger partial charge in [0.15, 0.2) is 9.84 Å². The van der Waals surface area contributed by atoms with Crippen molar-refractivity contribution in [1.82, 2.24) is 4.90 Å². The molecule has 2 aliphatic heterocycles. The Labute approximate surface area is 111 Å². The van der Waals surface area contributed by atoms with Crippen molar-refractivity contribution in [2.45, 2.75) is 51.6 Å². The summed E-state index contributed by atoms with van der Waals surface area (Å²) in [5, 5.41) is 0. The van der Waals surface area contributed by atoms with Gasteiger partial charge < -0.3 is 5.73 Å². The van der Waals surface area contributed by atoms with Gasteiger partial charge in [0.2, 0.25) is 0 Å². The van der Waals surface area contributed by atoms with E-state index in [1.54, 1.807) is 0 Å². The normalized spacial score (nSPS) is 35.7. The van der Waals surface area contributed by atoms with Crippen LogP contribution >= 0.6 is 0 Å². The first kappa shape index (κ1) is 14.3. The minimum atomic E-state index is -2.90. The summed E-state index contributed by atoms with van der Waals surface area (Å²) < 4.78 is 23.3. The van der Waals surface area contributed by atoms with Gasteiger partial charge in [-0.15, -0.1) is 0 Å². The number of nitrogens with two attached hydrogens (primary N) is 1. The number of hydrogen-bond acceptors (Lipinski definition) is 4. The standard InChI is InChI=1S/C13H26N2O2S/c1-3-13(4-2)5-7-15(8-6-13)12-10-18(16,17)9-11(12)14/h11-12H,3-10,14H2,1-2H3. The van der Waals surface area contributed by atoms with Crippen molar-refractivity contribution in [1.29, 1.82) is 0 Å². The molecule has 2 aliphatic rings. The Morgan fingerprint density at radius 3 is 2.11 bits per heavy atom. The van der Waals surface area contributed by atoms with Crippen LogP contribution in [-0.4, -0.2) is 50.0 Å². The van der Waals surface area contributed by atoms with Crippen molar-refractivity contribution in [2.24, 2.45) is 11.1 Å². The van der Waals surface area contributed by atoms with Crippen molar-refractivity contribution in [3.63, 3.8) is 0 Å². The summed E-state index contributed by atoms with van der Waals surface area (Å²) in [5.74, 6) is 0.431. The summed E-state index contributed by atoms with van der Waals surface area (Å²) in [5.41, 5.74) is 6.48. The van der Waals surface area contributed by atoms with Crippen LogP contribution < -0.4 is 5.73 Å². The summed E-state index contributed by atoms with van der Waals surface area (Å²) in [6.07, 6.45) is 4.82. The van der Waals surface area contributed by atoms with E-state index in [2.05, 4.69) is 18.7 Å². The molecule has 0 aromatic carbocycles. The lowest BCUT2D eigenvalue weighted by Crippen LogP contribution is -2.51. The van der Waals surface area contributed by atoms with Crippen LogP contribution in [0.4, 0.5) is 0 Å². The predicted molar refractivity (Wildman–Crippen MR) is 74.2 cm³/mol. The van der Waals surface area contributed by atoms with E-state index in [9.17, 15) is 8.42 Å². The van der Waals surface area contributed by atoms with E-state index in [0.717, 1.165) is 13.1 Å². The van der Waals surface area contributed by atoms with Gasteiger partial charge in [0.05, 0.1) is 11.5 Å². The van der Waals surface area contributed by atoms with Gasteiger partial charge in [-0.25, -0.2) is 8.42 Å². The zero-order valence-electron chi connectivity index (χ0n) is 11.6. The fourth-order valence-electron chi connectivity index (χ4n) is 3.52. The minimum Gasteiger partial charge on any atom is -0.325 e. The Morgan fingerprint density at radius 1 is 1.17 bits per heavy atom. The van der Waals surface area contributed by atoms with Gasteiger partial charge in [-0.05, 0) is 31.3 Å². The Kier molecular flexibility index (Phi) is 4.04. The van der Waals surface area contributed by atoms with Crippen molar-refractivity contribution >= 4 is 9.84 Å². The Morgan fingerprint density at radius 2 is 1.72 bits per heavy atom. The predicted octanol–water partition coefficient (Wildman–Crippen LogP) is 1.01. The molecule has 0 aromatic heterocycles.